The van der Waals surface area contributed by atoms with Gasteiger partial charge in [0.25, 0.3) is 0 Å². The second kappa shape index (κ2) is 6.08. The molecule has 0 saturated heterocycles. The molecule has 0 amide bonds. The van der Waals surface area contributed by atoms with E-state index >= 15 is 0 Å². The van der Waals surface area contributed by atoms with E-state index in [0.29, 0.717) is 17.3 Å². The third-order valence-corrected chi connectivity index (χ3v) is 3.33. The summed E-state index contributed by atoms with van der Waals surface area (Å²) in [4.78, 5) is 0. The largest absolute Gasteiger partial charge is 0.439 e. The predicted molar refractivity (Wildman–Crippen MR) is 86.1 cm³/mol. The highest BCUT2D eigenvalue weighted by molar-refractivity contribution is 6.30. The first-order chi connectivity index (χ1) is 9.76. The average Bonchev–Trinajstić information content (AvgIpc) is 2.61. The molecule has 0 aliphatic rings. The van der Waals surface area contributed by atoms with Crippen LogP contribution in [0.3, 0.4) is 0 Å². The summed E-state index contributed by atoms with van der Waals surface area (Å²) in [5, 5.41) is 8.57. The number of nitrogens with one attached hydrogen (secondary N) is 1. The molecule has 0 bridgehead atoms. The second-order valence-electron chi connectivity index (χ2n) is 6.16. The predicted octanol–water partition coefficient (Wildman–Crippen LogP) is 4.06. The molecule has 0 unspecified atom stereocenters. The zero-order valence-corrected chi connectivity index (χ0v) is 14.0. The summed E-state index contributed by atoms with van der Waals surface area (Å²) in [6.45, 7) is 9.10. The van der Waals surface area contributed by atoms with Gasteiger partial charge in [-0.15, -0.1) is 0 Å². The lowest BCUT2D eigenvalue weighted by atomic mass is 10.1. The van der Waals surface area contributed by atoms with E-state index in [2.05, 4.69) is 31.2 Å². The van der Waals surface area contributed by atoms with Gasteiger partial charge in [0.2, 0.25) is 5.88 Å². The fraction of sp³-hybridized carbons (Fsp3) is 0.438. The molecule has 114 valence electrons. The van der Waals surface area contributed by atoms with Crippen molar-refractivity contribution in [2.75, 3.05) is 0 Å². The van der Waals surface area contributed by atoms with E-state index in [0.717, 1.165) is 17.1 Å². The number of rotatable bonds is 4. The zero-order valence-electron chi connectivity index (χ0n) is 13.2. The fourth-order valence-corrected chi connectivity index (χ4v) is 2.19. The van der Waals surface area contributed by atoms with Crippen molar-refractivity contribution < 1.29 is 4.74 Å². The van der Waals surface area contributed by atoms with Crippen molar-refractivity contribution in [2.24, 2.45) is 7.05 Å². The number of aromatic nitrogens is 2. The van der Waals surface area contributed by atoms with Crippen LogP contribution in [0.2, 0.25) is 5.02 Å². The average molecular weight is 308 g/mol. The lowest BCUT2D eigenvalue weighted by Gasteiger charge is -2.20. The minimum Gasteiger partial charge on any atom is -0.439 e. The Morgan fingerprint density at radius 1 is 1.33 bits per heavy atom. The van der Waals surface area contributed by atoms with Gasteiger partial charge in [0, 0.05) is 24.2 Å². The Morgan fingerprint density at radius 2 is 2.05 bits per heavy atom. The van der Waals surface area contributed by atoms with Gasteiger partial charge in [0.05, 0.1) is 11.3 Å². The normalized spacial score (nSPS) is 11.7. The summed E-state index contributed by atoms with van der Waals surface area (Å²) in [6, 6.07) is 7.37. The molecule has 1 aromatic carbocycles. The first-order valence-corrected chi connectivity index (χ1v) is 7.35. The molecule has 2 rings (SSSR count). The number of ether oxygens (including phenoxy) is 1. The van der Waals surface area contributed by atoms with Crippen LogP contribution in [-0.2, 0) is 13.6 Å². The van der Waals surface area contributed by atoms with Gasteiger partial charge in [-0.3, -0.25) is 0 Å². The van der Waals surface area contributed by atoms with E-state index in [-0.39, 0.29) is 5.54 Å². The molecule has 0 spiro atoms. The van der Waals surface area contributed by atoms with Gasteiger partial charge in [-0.1, -0.05) is 17.7 Å². The standard InChI is InChI=1S/C16H22ClN3O/c1-11-14(10-18-16(2,3)4)15(20(5)19-11)21-13-8-6-7-12(17)9-13/h6-9,18H,10H2,1-5H3. The summed E-state index contributed by atoms with van der Waals surface area (Å²) in [7, 11) is 1.88. The molecular formula is C16H22ClN3O. The van der Waals surface area contributed by atoms with Crippen LogP contribution in [0.4, 0.5) is 0 Å². The van der Waals surface area contributed by atoms with Crippen LogP contribution in [0, 0.1) is 6.92 Å². The number of hydrogen-bond acceptors (Lipinski definition) is 3. The maximum atomic E-state index is 6.00. The van der Waals surface area contributed by atoms with Crippen molar-refractivity contribution >= 4 is 11.6 Å². The highest BCUT2D eigenvalue weighted by Crippen LogP contribution is 2.28. The van der Waals surface area contributed by atoms with E-state index in [1.807, 2.05) is 32.2 Å². The summed E-state index contributed by atoms with van der Waals surface area (Å²) >= 11 is 6.00. The molecule has 5 heteroatoms. The van der Waals surface area contributed by atoms with E-state index in [1.165, 1.54) is 0 Å². The molecule has 1 aromatic heterocycles. The minimum absolute atomic E-state index is 0.0373. The first kappa shape index (κ1) is 15.9. The van der Waals surface area contributed by atoms with Crippen molar-refractivity contribution in [1.29, 1.82) is 0 Å². The summed E-state index contributed by atoms with van der Waals surface area (Å²) in [6.07, 6.45) is 0. The number of halogens is 1. The number of aryl methyl sites for hydroxylation is 2. The van der Waals surface area contributed by atoms with Crippen molar-refractivity contribution in [2.45, 2.75) is 39.8 Å². The smallest absolute Gasteiger partial charge is 0.222 e. The second-order valence-corrected chi connectivity index (χ2v) is 6.59. The van der Waals surface area contributed by atoms with Crippen LogP contribution in [0.5, 0.6) is 11.6 Å². The number of benzene rings is 1. The molecule has 0 saturated carbocycles. The van der Waals surface area contributed by atoms with Crippen molar-refractivity contribution in [3.63, 3.8) is 0 Å². The van der Waals surface area contributed by atoms with Crippen LogP contribution < -0.4 is 10.1 Å². The Kier molecular flexibility index (Phi) is 4.59. The van der Waals surface area contributed by atoms with Gasteiger partial charge in [-0.25, -0.2) is 4.68 Å². The third-order valence-electron chi connectivity index (χ3n) is 3.09. The molecular weight excluding hydrogens is 286 g/mol. The van der Waals surface area contributed by atoms with E-state index in [1.54, 1.807) is 10.7 Å². The quantitative estimate of drug-likeness (QED) is 0.925. The van der Waals surface area contributed by atoms with Gasteiger partial charge in [-0.2, -0.15) is 5.10 Å². The van der Waals surface area contributed by atoms with Crippen molar-refractivity contribution in [3.05, 3.63) is 40.5 Å². The van der Waals surface area contributed by atoms with E-state index < -0.39 is 0 Å². The lowest BCUT2D eigenvalue weighted by molar-refractivity contribution is 0.401. The van der Waals surface area contributed by atoms with Crippen LogP contribution >= 0.6 is 11.6 Å². The Bertz CT molecular complexity index is 629. The zero-order chi connectivity index (χ0) is 15.6. The van der Waals surface area contributed by atoms with E-state index in [4.69, 9.17) is 16.3 Å². The third kappa shape index (κ3) is 4.22. The highest BCUT2D eigenvalue weighted by atomic mass is 35.5. The maximum Gasteiger partial charge on any atom is 0.222 e. The Hall–Kier alpha value is -1.52. The monoisotopic (exact) mass is 307 g/mol. The molecule has 0 fully saturated rings. The highest BCUT2D eigenvalue weighted by Gasteiger charge is 2.18. The van der Waals surface area contributed by atoms with Crippen LogP contribution in [0.15, 0.2) is 24.3 Å². The van der Waals surface area contributed by atoms with Crippen LogP contribution in [0.1, 0.15) is 32.0 Å². The van der Waals surface area contributed by atoms with Gasteiger partial charge < -0.3 is 10.1 Å². The van der Waals surface area contributed by atoms with Crippen LogP contribution in [0.25, 0.3) is 0 Å². The van der Waals surface area contributed by atoms with Crippen LogP contribution in [-0.4, -0.2) is 15.3 Å². The molecule has 1 N–H and O–H groups in total. The fourth-order valence-electron chi connectivity index (χ4n) is 2.01. The van der Waals surface area contributed by atoms with Gasteiger partial charge in [0.1, 0.15) is 5.75 Å². The maximum absolute atomic E-state index is 6.00. The summed E-state index contributed by atoms with van der Waals surface area (Å²) in [5.74, 6) is 1.45. The molecule has 4 nitrogen and oxygen atoms in total. The molecule has 0 aliphatic heterocycles. The Balaban J connectivity index is 2.26. The first-order valence-electron chi connectivity index (χ1n) is 6.97. The molecule has 1 heterocycles. The molecule has 2 aromatic rings. The van der Waals surface area contributed by atoms with Gasteiger partial charge in [0.15, 0.2) is 0 Å². The molecule has 0 radical (unpaired) electrons. The molecule has 0 atom stereocenters. The van der Waals surface area contributed by atoms with Gasteiger partial charge >= 0.3 is 0 Å². The summed E-state index contributed by atoms with van der Waals surface area (Å²) < 4.78 is 7.74. The van der Waals surface area contributed by atoms with Gasteiger partial charge in [-0.05, 0) is 45.9 Å². The topological polar surface area (TPSA) is 39.1 Å². The Labute approximate surface area is 131 Å². The molecule has 0 aliphatic carbocycles. The number of hydrogen-bond donors (Lipinski definition) is 1. The molecule has 21 heavy (non-hydrogen) atoms. The van der Waals surface area contributed by atoms with Crippen molar-refractivity contribution in [1.82, 2.24) is 15.1 Å². The van der Waals surface area contributed by atoms with E-state index in [9.17, 15) is 0 Å². The SMILES string of the molecule is Cc1nn(C)c(Oc2cccc(Cl)c2)c1CNC(C)(C)C. The summed E-state index contributed by atoms with van der Waals surface area (Å²) in [5.41, 5.74) is 2.06. The van der Waals surface area contributed by atoms with Crippen molar-refractivity contribution in [3.8, 4) is 11.6 Å². The lowest BCUT2D eigenvalue weighted by Crippen LogP contribution is -2.35. The minimum atomic E-state index is 0.0373. The number of nitrogens with zero attached hydrogens (tertiary/aromatic N) is 2. The Morgan fingerprint density at radius 3 is 2.67 bits per heavy atom.